The van der Waals surface area contributed by atoms with Gasteiger partial charge in [0.05, 0.1) is 5.49 Å². The largest absolute Gasteiger partial charge is 0.379 e. The van der Waals surface area contributed by atoms with Gasteiger partial charge >= 0.3 is 0 Å². The van der Waals surface area contributed by atoms with Gasteiger partial charge in [0.1, 0.15) is 0 Å². The van der Waals surface area contributed by atoms with E-state index in [-0.39, 0.29) is 0 Å². The van der Waals surface area contributed by atoms with E-state index < -0.39 is 0 Å². The topological polar surface area (TPSA) is 12.0 Å². The van der Waals surface area contributed by atoms with E-state index in [0.717, 1.165) is 5.92 Å². The van der Waals surface area contributed by atoms with Gasteiger partial charge in [-0.15, -0.1) is 0 Å². The minimum atomic E-state index is 0.668. The first-order valence-corrected chi connectivity index (χ1v) is 4.49. The zero-order chi connectivity index (χ0) is 7.40. The average Bonchev–Trinajstić information content (AvgIpc) is 1.88. The van der Waals surface area contributed by atoms with Crippen LogP contribution < -0.4 is 5.32 Å². The molecule has 0 saturated heterocycles. The fraction of sp³-hybridized carbons (Fsp3) is 0.875. The maximum atomic E-state index is 4.74. The summed E-state index contributed by atoms with van der Waals surface area (Å²) in [7, 11) is 0. The van der Waals surface area contributed by atoms with Crippen LogP contribution in [0.25, 0.3) is 0 Å². The van der Waals surface area contributed by atoms with Crippen molar-refractivity contribution in [3.8, 4) is 0 Å². The summed E-state index contributed by atoms with van der Waals surface area (Å²) in [6.07, 6.45) is 5.36. The Balaban J connectivity index is 2.24. The summed E-state index contributed by atoms with van der Waals surface area (Å²) in [5.41, 5.74) is 1.66. The Labute approximate surface area is 68.2 Å². The zero-order valence-corrected chi connectivity index (χ0v) is 7.29. The molecule has 1 rings (SSSR count). The van der Waals surface area contributed by atoms with Gasteiger partial charge in [-0.1, -0.05) is 32.0 Å². The fourth-order valence-electron chi connectivity index (χ4n) is 1.68. The van der Waals surface area contributed by atoms with Gasteiger partial charge in [-0.25, -0.2) is 0 Å². The second-order valence-corrected chi connectivity index (χ2v) is 3.49. The summed E-state index contributed by atoms with van der Waals surface area (Å²) >= 11 is 4.74. The first-order chi connectivity index (χ1) is 4.83. The maximum absolute atomic E-state index is 4.74. The number of thiocarbonyl (C=S) groups is 1. The van der Waals surface area contributed by atoms with Gasteiger partial charge < -0.3 is 5.32 Å². The molecule has 0 heterocycles. The first-order valence-electron chi connectivity index (χ1n) is 4.02. The molecule has 0 aromatic carbocycles. The molecule has 0 aliphatic heterocycles. The lowest BCUT2D eigenvalue weighted by atomic mass is 9.87. The minimum absolute atomic E-state index is 0.668. The van der Waals surface area contributed by atoms with Crippen LogP contribution in [0.4, 0.5) is 0 Å². The summed E-state index contributed by atoms with van der Waals surface area (Å²) in [5, 5.41) is 3.20. The van der Waals surface area contributed by atoms with Gasteiger partial charge in [-0.05, 0) is 18.8 Å². The summed E-state index contributed by atoms with van der Waals surface area (Å²) in [6.45, 7) is 2.32. The third-order valence-electron chi connectivity index (χ3n) is 2.24. The molecule has 0 spiro atoms. The monoisotopic (exact) mass is 157 g/mol. The molecule has 2 atom stereocenters. The van der Waals surface area contributed by atoms with Gasteiger partial charge in [0.2, 0.25) is 0 Å². The van der Waals surface area contributed by atoms with Crippen molar-refractivity contribution in [3.63, 3.8) is 0 Å². The lowest BCUT2D eigenvalue weighted by molar-refractivity contribution is 0.328. The molecule has 1 N–H and O–H groups in total. The van der Waals surface area contributed by atoms with Crippen LogP contribution in [0.2, 0.25) is 0 Å². The molecule has 0 bridgehead atoms. The van der Waals surface area contributed by atoms with E-state index in [1.54, 1.807) is 5.49 Å². The Bertz CT molecular complexity index is 114. The van der Waals surface area contributed by atoms with Crippen LogP contribution in [-0.2, 0) is 0 Å². The molecule has 1 unspecified atom stereocenters. The van der Waals surface area contributed by atoms with E-state index in [0.29, 0.717) is 6.04 Å². The van der Waals surface area contributed by atoms with Crippen molar-refractivity contribution in [2.75, 3.05) is 0 Å². The zero-order valence-electron chi connectivity index (χ0n) is 6.47. The van der Waals surface area contributed by atoms with E-state index in [4.69, 9.17) is 12.2 Å². The molecule has 2 heteroatoms. The molecule has 0 amide bonds. The molecular weight excluding hydrogens is 142 g/mol. The van der Waals surface area contributed by atoms with Crippen molar-refractivity contribution in [1.82, 2.24) is 5.32 Å². The highest BCUT2D eigenvalue weighted by molar-refractivity contribution is 7.78. The van der Waals surface area contributed by atoms with Crippen molar-refractivity contribution in [2.24, 2.45) is 5.92 Å². The van der Waals surface area contributed by atoms with Gasteiger partial charge in [0, 0.05) is 6.04 Å². The molecule has 1 aliphatic rings. The molecule has 1 fully saturated rings. The molecular formula is C8H15NS. The van der Waals surface area contributed by atoms with Crippen LogP contribution in [-0.4, -0.2) is 11.5 Å². The van der Waals surface area contributed by atoms with E-state index in [2.05, 4.69) is 12.2 Å². The quantitative estimate of drug-likeness (QED) is 0.616. The second-order valence-electron chi connectivity index (χ2n) is 3.25. The Morgan fingerprint density at radius 3 is 2.90 bits per heavy atom. The Morgan fingerprint density at radius 2 is 2.30 bits per heavy atom. The van der Waals surface area contributed by atoms with Crippen LogP contribution in [0.15, 0.2) is 0 Å². The summed E-state index contributed by atoms with van der Waals surface area (Å²) in [4.78, 5) is 0. The third kappa shape index (κ3) is 2.25. The molecule has 0 radical (unpaired) electrons. The van der Waals surface area contributed by atoms with Crippen molar-refractivity contribution >= 4 is 17.7 Å². The Hall–Kier alpha value is -0.110. The van der Waals surface area contributed by atoms with Crippen molar-refractivity contribution < 1.29 is 0 Å². The number of hydrogen-bond acceptors (Lipinski definition) is 1. The average molecular weight is 157 g/mol. The highest BCUT2D eigenvalue weighted by atomic mass is 32.1. The Kier molecular flexibility index (Phi) is 3.13. The first kappa shape index (κ1) is 7.99. The fourth-order valence-corrected chi connectivity index (χ4v) is 1.87. The SMILES string of the molecule is C[C@@H]1CCCC(NC=S)C1. The van der Waals surface area contributed by atoms with Crippen molar-refractivity contribution in [2.45, 2.75) is 38.6 Å². The predicted octanol–water partition coefficient (Wildman–Crippen LogP) is 2.11. The maximum Gasteiger partial charge on any atom is 0.0617 e. The van der Waals surface area contributed by atoms with Crippen LogP contribution in [0.5, 0.6) is 0 Å². The molecule has 1 saturated carbocycles. The summed E-state index contributed by atoms with van der Waals surface area (Å²) in [5.74, 6) is 0.890. The lowest BCUT2D eigenvalue weighted by Crippen LogP contribution is -2.31. The van der Waals surface area contributed by atoms with Gasteiger partial charge in [0.25, 0.3) is 0 Å². The van der Waals surface area contributed by atoms with Crippen molar-refractivity contribution in [3.05, 3.63) is 0 Å². The summed E-state index contributed by atoms with van der Waals surface area (Å²) < 4.78 is 0. The van der Waals surface area contributed by atoms with Gasteiger partial charge in [-0.3, -0.25) is 0 Å². The van der Waals surface area contributed by atoms with E-state index in [1.165, 1.54) is 25.7 Å². The third-order valence-corrected chi connectivity index (χ3v) is 2.38. The predicted molar refractivity (Wildman–Crippen MR) is 48.2 cm³/mol. The molecule has 0 aromatic rings. The van der Waals surface area contributed by atoms with E-state index >= 15 is 0 Å². The highest BCUT2D eigenvalue weighted by Gasteiger charge is 2.16. The number of hydrogen-bond donors (Lipinski definition) is 1. The van der Waals surface area contributed by atoms with Gasteiger partial charge in [0.15, 0.2) is 0 Å². The lowest BCUT2D eigenvalue weighted by Gasteiger charge is -2.26. The molecule has 1 nitrogen and oxygen atoms in total. The van der Waals surface area contributed by atoms with Crippen LogP contribution in [0.1, 0.15) is 32.6 Å². The number of rotatable bonds is 2. The van der Waals surface area contributed by atoms with Crippen LogP contribution in [0, 0.1) is 5.92 Å². The van der Waals surface area contributed by atoms with Gasteiger partial charge in [-0.2, -0.15) is 0 Å². The van der Waals surface area contributed by atoms with Crippen LogP contribution in [0.3, 0.4) is 0 Å². The number of nitrogens with one attached hydrogen (secondary N) is 1. The second kappa shape index (κ2) is 3.91. The normalized spacial score (nSPS) is 33.3. The summed E-state index contributed by atoms with van der Waals surface area (Å²) in [6, 6.07) is 0.668. The molecule has 58 valence electrons. The standard InChI is InChI=1S/C8H15NS/c1-7-3-2-4-8(5-7)9-6-10/h6-8H,2-5H2,1H3,(H,9,10)/t7-,8?/m1/s1. The Morgan fingerprint density at radius 1 is 1.50 bits per heavy atom. The van der Waals surface area contributed by atoms with Crippen molar-refractivity contribution in [1.29, 1.82) is 0 Å². The van der Waals surface area contributed by atoms with E-state index in [9.17, 15) is 0 Å². The smallest absolute Gasteiger partial charge is 0.0617 e. The molecule has 0 aromatic heterocycles. The van der Waals surface area contributed by atoms with Crippen LogP contribution >= 0.6 is 12.2 Å². The molecule has 1 aliphatic carbocycles. The minimum Gasteiger partial charge on any atom is -0.379 e. The molecule has 10 heavy (non-hydrogen) atoms. The van der Waals surface area contributed by atoms with E-state index in [1.807, 2.05) is 0 Å². The highest BCUT2D eigenvalue weighted by Crippen LogP contribution is 2.22.